The lowest BCUT2D eigenvalue weighted by atomic mass is 10.2. The van der Waals surface area contributed by atoms with Gasteiger partial charge in [0.2, 0.25) is 5.91 Å². The van der Waals surface area contributed by atoms with Gasteiger partial charge in [0.25, 0.3) is 0 Å². The van der Waals surface area contributed by atoms with E-state index in [-0.39, 0.29) is 29.1 Å². The summed E-state index contributed by atoms with van der Waals surface area (Å²) in [6, 6.07) is 13.9. The quantitative estimate of drug-likeness (QED) is 0.776. The molecule has 1 aliphatic rings. The van der Waals surface area contributed by atoms with Crippen molar-refractivity contribution in [2.24, 2.45) is 0 Å². The minimum atomic E-state index is -3.47. The predicted octanol–water partition coefficient (Wildman–Crippen LogP) is 4.12. The van der Waals surface area contributed by atoms with E-state index in [9.17, 15) is 13.2 Å². The van der Waals surface area contributed by atoms with Crippen LogP contribution in [0.25, 0.3) is 0 Å². The summed E-state index contributed by atoms with van der Waals surface area (Å²) in [6.45, 7) is 1.90. The number of hydrogen-bond donors (Lipinski definition) is 1. The first-order valence-corrected chi connectivity index (χ1v) is 10.9. The number of rotatable bonds is 7. The van der Waals surface area contributed by atoms with Gasteiger partial charge < -0.3 is 10.1 Å². The molecular weight excluding hydrogens is 362 g/mol. The lowest BCUT2D eigenvalue weighted by molar-refractivity contribution is -0.115. The van der Waals surface area contributed by atoms with Crippen molar-refractivity contribution in [1.82, 2.24) is 0 Å². The number of carbonyl (C=O) groups excluding carboxylic acids is 1. The molecule has 2 aromatic rings. The Morgan fingerprint density at radius 1 is 1.11 bits per heavy atom. The van der Waals surface area contributed by atoms with Crippen LogP contribution in [0.2, 0.25) is 0 Å². The van der Waals surface area contributed by atoms with Gasteiger partial charge in [0.15, 0.2) is 9.84 Å². The monoisotopic (exact) mass is 387 g/mol. The van der Waals surface area contributed by atoms with Crippen LogP contribution in [0.4, 0.5) is 5.69 Å². The fraction of sp³-hybridized carbons (Fsp3) is 0.381. The second-order valence-corrected chi connectivity index (χ2v) is 9.09. The molecule has 2 aromatic carbocycles. The maximum absolute atomic E-state index is 12.3. The van der Waals surface area contributed by atoms with Crippen LogP contribution < -0.4 is 10.1 Å². The first-order valence-electron chi connectivity index (χ1n) is 9.28. The summed E-state index contributed by atoms with van der Waals surface area (Å²) in [4.78, 5) is 12.4. The molecule has 0 saturated heterocycles. The molecule has 5 nitrogen and oxygen atoms in total. The van der Waals surface area contributed by atoms with Crippen molar-refractivity contribution in [2.45, 2.75) is 50.0 Å². The molecule has 0 aromatic heterocycles. The highest BCUT2D eigenvalue weighted by Crippen LogP contribution is 2.25. The Balaban J connectivity index is 1.55. The largest absolute Gasteiger partial charge is 0.490 e. The van der Waals surface area contributed by atoms with Crippen LogP contribution in [0, 0.1) is 6.92 Å². The molecule has 0 heterocycles. The number of ether oxygens (including phenoxy) is 1. The van der Waals surface area contributed by atoms with Gasteiger partial charge in [-0.3, -0.25) is 4.79 Å². The number of amides is 1. The smallest absolute Gasteiger partial charge is 0.225 e. The second-order valence-electron chi connectivity index (χ2n) is 6.98. The van der Waals surface area contributed by atoms with E-state index in [4.69, 9.17) is 4.74 Å². The summed E-state index contributed by atoms with van der Waals surface area (Å²) in [5.74, 6) is 0.177. The molecule has 0 unspecified atom stereocenters. The van der Waals surface area contributed by atoms with Gasteiger partial charge in [-0.05, 0) is 56.9 Å². The summed E-state index contributed by atoms with van der Waals surface area (Å²) >= 11 is 0. The van der Waals surface area contributed by atoms with Crippen LogP contribution in [0.5, 0.6) is 5.75 Å². The Bertz CT molecular complexity index is 885. The normalized spacial score (nSPS) is 14.9. The molecule has 0 radical (unpaired) electrons. The molecule has 0 bridgehead atoms. The molecule has 1 saturated carbocycles. The third kappa shape index (κ3) is 5.57. The molecule has 1 aliphatic carbocycles. The van der Waals surface area contributed by atoms with E-state index >= 15 is 0 Å². The van der Waals surface area contributed by atoms with E-state index in [0.29, 0.717) is 5.69 Å². The Hall–Kier alpha value is -2.34. The van der Waals surface area contributed by atoms with Crippen molar-refractivity contribution in [3.05, 3.63) is 54.1 Å². The van der Waals surface area contributed by atoms with Gasteiger partial charge in [-0.15, -0.1) is 0 Å². The molecular formula is C21H25NO4S. The third-order valence-electron chi connectivity index (χ3n) is 4.70. The zero-order valence-electron chi connectivity index (χ0n) is 15.5. The van der Waals surface area contributed by atoms with Gasteiger partial charge in [-0.1, -0.05) is 23.8 Å². The van der Waals surface area contributed by atoms with Crippen molar-refractivity contribution in [1.29, 1.82) is 0 Å². The highest BCUT2D eigenvalue weighted by molar-refractivity contribution is 7.91. The zero-order valence-corrected chi connectivity index (χ0v) is 16.3. The highest BCUT2D eigenvalue weighted by atomic mass is 32.2. The van der Waals surface area contributed by atoms with Gasteiger partial charge in [-0.25, -0.2) is 8.42 Å². The van der Waals surface area contributed by atoms with E-state index in [1.807, 2.05) is 19.1 Å². The molecule has 144 valence electrons. The van der Waals surface area contributed by atoms with Gasteiger partial charge >= 0.3 is 0 Å². The number of hydrogen-bond acceptors (Lipinski definition) is 4. The van der Waals surface area contributed by atoms with E-state index in [2.05, 4.69) is 5.32 Å². The average molecular weight is 388 g/mol. The standard InChI is InChI=1S/C21H25NO4S/c1-16-9-11-20(12-10-16)27(24,25)14-13-21(23)22-17-5-4-8-19(15-17)26-18-6-2-3-7-18/h4-5,8-12,15,18H,2-3,6-7,13-14H2,1H3,(H,22,23). The fourth-order valence-corrected chi connectivity index (χ4v) is 4.40. The minimum absolute atomic E-state index is 0.0933. The van der Waals surface area contributed by atoms with E-state index in [0.717, 1.165) is 24.2 Å². The molecule has 1 amide bonds. The molecule has 0 atom stereocenters. The topological polar surface area (TPSA) is 72.5 Å². The average Bonchev–Trinajstić information content (AvgIpc) is 3.14. The number of carbonyl (C=O) groups is 1. The van der Waals surface area contributed by atoms with Crippen LogP contribution in [0.15, 0.2) is 53.4 Å². The maximum atomic E-state index is 12.3. The van der Waals surface area contributed by atoms with Crippen molar-refractivity contribution in [3.63, 3.8) is 0 Å². The number of aryl methyl sites for hydroxylation is 1. The molecule has 1 fully saturated rings. The SMILES string of the molecule is Cc1ccc(S(=O)(=O)CCC(=O)Nc2cccc(OC3CCCC3)c2)cc1. The van der Waals surface area contributed by atoms with E-state index in [1.165, 1.54) is 12.8 Å². The molecule has 1 N–H and O–H groups in total. The predicted molar refractivity (Wildman–Crippen MR) is 106 cm³/mol. The first kappa shape index (κ1) is 19.4. The minimum Gasteiger partial charge on any atom is -0.490 e. The van der Waals surface area contributed by atoms with Gasteiger partial charge in [0.1, 0.15) is 5.75 Å². The van der Waals surface area contributed by atoms with E-state index in [1.54, 1.807) is 36.4 Å². The van der Waals surface area contributed by atoms with E-state index < -0.39 is 9.84 Å². The number of sulfone groups is 1. The van der Waals surface area contributed by atoms with Gasteiger partial charge in [0, 0.05) is 18.2 Å². The Labute approximate surface area is 160 Å². The summed E-state index contributed by atoms with van der Waals surface area (Å²) in [5.41, 5.74) is 1.61. The Morgan fingerprint density at radius 3 is 2.52 bits per heavy atom. The fourth-order valence-electron chi connectivity index (χ4n) is 3.16. The van der Waals surface area contributed by atoms with Crippen molar-refractivity contribution < 1.29 is 17.9 Å². The molecule has 0 spiro atoms. The van der Waals surface area contributed by atoms with Crippen LogP contribution in [-0.2, 0) is 14.6 Å². The Kier molecular flexibility index (Phi) is 6.16. The van der Waals surface area contributed by atoms with Crippen LogP contribution in [0.1, 0.15) is 37.7 Å². The lowest BCUT2D eigenvalue weighted by Gasteiger charge is -2.14. The lowest BCUT2D eigenvalue weighted by Crippen LogP contribution is -2.17. The van der Waals surface area contributed by atoms with Gasteiger partial charge in [0.05, 0.1) is 16.8 Å². The maximum Gasteiger partial charge on any atom is 0.225 e. The summed E-state index contributed by atoms with van der Waals surface area (Å²) < 4.78 is 30.6. The van der Waals surface area contributed by atoms with Crippen LogP contribution >= 0.6 is 0 Å². The summed E-state index contributed by atoms with van der Waals surface area (Å²) in [6.07, 6.45) is 4.66. The van der Waals surface area contributed by atoms with Crippen LogP contribution in [0.3, 0.4) is 0 Å². The first-order chi connectivity index (χ1) is 12.9. The van der Waals surface area contributed by atoms with Crippen molar-refractivity contribution in [3.8, 4) is 5.75 Å². The highest BCUT2D eigenvalue weighted by Gasteiger charge is 2.18. The molecule has 6 heteroatoms. The van der Waals surface area contributed by atoms with Gasteiger partial charge in [-0.2, -0.15) is 0 Å². The molecule has 0 aliphatic heterocycles. The zero-order chi connectivity index (χ0) is 19.3. The third-order valence-corrected chi connectivity index (χ3v) is 6.43. The van der Waals surface area contributed by atoms with Crippen molar-refractivity contribution in [2.75, 3.05) is 11.1 Å². The number of nitrogens with one attached hydrogen (secondary N) is 1. The molecule has 3 rings (SSSR count). The summed E-state index contributed by atoms with van der Waals surface area (Å²) in [7, 11) is -3.47. The number of anilines is 1. The number of benzene rings is 2. The Morgan fingerprint density at radius 2 is 1.81 bits per heavy atom. The van der Waals surface area contributed by atoms with Crippen LogP contribution in [-0.4, -0.2) is 26.2 Å². The van der Waals surface area contributed by atoms with Crippen molar-refractivity contribution >= 4 is 21.4 Å². The second kappa shape index (κ2) is 8.57. The summed E-state index contributed by atoms with van der Waals surface area (Å²) in [5, 5.41) is 2.76. The molecule has 27 heavy (non-hydrogen) atoms.